The number of hydrogen-bond acceptors (Lipinski definition) is 1. The lowest BCUT2D eigenvalue weighted by Crippen LogP contribution is -1.96. The zero-order valence-corrected chi connectivity index (χ0v) is 14.2. The molecule has 0 amide bonds. The summed E-state index contributed by atoms with van der Waals surface area (Å²) in [5, 5.41) is 0. The smallest absolute Gasteiger partial charge is 0.135 e. The SMILES string of the molecule is ICCCCC#Cc1ccccc1OCc1ccccc1. The largest absolute Gasteiger partial charge is 0.488 e. The zero-order valence-electron chi connectivity index (χ0n) is 12.0. The van der Waals surface area contributed by atoms with Gasteiger partial charge in [0.25, 0.3) is 0 Å². The fraction of sp³-hybridized carbons (Fsp3) is 0.263. The number of rotatable bonds is 6. The Labute approximate surface area is 140 Å². The first-order valence-corrected chi connectivity index (χ1v) is 8.73. The van der Waals surface area contributed by atoms with Crippen LogP contribution in [0.25, 0.3) is 0 Å². The molecule has 0 fully saturated rings. The maximum Gasteiger partial charge on any atom is 0.135 e. The van der Waals surface area contributed by atoms with E-state index in [1.54, 1.807) is 0 Å². The second-order valence-corrected chi connectivity index (χ2v) is 5.80. The van der Waals surface area contributed by atoms with Crippen molar-refractivity contribution >= 4 is 22.6 Å². The molecule has 1 nitrogen and oxygen atoms in total. The summed E-state index contributed by atoms with van der Waals surface area (Å²) in [7, 11) is 0. The minimum atomic E-state index is 0.578. The molecule has 21 heavy (non-hydrogen) atoms. The first-order chi connectivity index (χ1) is 10.4. The highest BCUT2D eigenvalue weighted by atomic mass is 127. The van der Waals surface area contributed by atoms with Crippen molar-refractivity contribution in [3.05, 3.63) is 65.7 Å². The van der Waals surface area contributed by atoms with E-state index in [9.17, 15) is 0 Å². The van der Waals surface area contributed by atoms with Gasteiger partial charge in [0, 0.05) is 6.42 Å². The van der Waals surface area contributed by atoms with Crippen LogP contribution in [0, 0.1) is 11.8 Å². The zero-order chi connectivity index (χ0) is 14.8. The normalized spacial score (nSPS) is 9.76. The summed E-state index contributed by atoms with van der Waals surface area (Å²) in [5.41, 5.74) is 2.14. The Bertz CT molecular complexity index is 596. The number of benzene rings is 2. The molecule has 0 heterocycles. The summed E-state index contributed by atoms with van der Waals surface area (Å²) in [4.78, 5) is 0. The molecule has 0 spiro atoms. The van der Waals surface area contributed by atoms with Crippen molar-refractivity contribution in [2.45, 2.75) is 25.9 Å². The van der Waals surface area contributed by atoms with Crippen molar-refractivity contribution in [1.29, 1.82) is 0 Å². The van der Waals surface area contributed by atoms with Crippen molar-refractivity contribution < 1.29 is 4.74 Å². The maximum absolute atomic E-state index is 5.90. The quantitative estimate of drug-likeness (QED) is 0.284. The van der Waals surface area contributed by atoms with Crippen LogP contribution in [0.15, 0.2) is 54.6 Å². The van der Waals surface area contributed by atoms with Gasteiger partial charge >= 0.3 is 0 Å². The van der Waals surface area contributed by atoms with E-state index >= 15 is 0 Å². The Morgan fingerprint density at radius 1 is 0.905 bits per heavy atom. The Balaban J connectivity index is 1.96. The Hall–Kier alpha value is -1.47. The second kappa shape index (κ2) is 9.46. The van der Waals surface area contributed by atoms with Crippen LogP contribution in [0.4, 0.5) is 0 Å². The fourth-order valence-corrected chi connectivity index (χ4v) is 2.44. The third-order valence-corrected chi connectivity index (χ3v) is 3.80. The molecule has 0 aliphatic carbocycles. The second-order valence-electron chi connectivity index (χ2n) is 4.72. The first-order valence-electron chi connectivity index (χ1n) is 7.21. The molecule has 0 aliphatic heterocycles. The van der Waals surface area contributed by atoms with E-state index in [1.807, 2.05) is 42.5 Å². The van der Waals surface area contributed by atoms with Crippen molar-refractivity contribution in [1.82, 2.24) is 0 Å². The molecular formula is C19H19IO. The van der Waals surface area contributed by atoms with Crippen LogP contribution < -0.4 is 4.74 Å². The Morgan fingerprint density at radius 2 is 1.67 bits per heavy atom. The number of alkyl halides is 1. The summed E-state index contributed by atoms with van der Waals surface area (Å²) in [6.07, 6.45) is 3.36. The summed E-state index contributed by atoms with van der Waals surface area (Å²) >= 11 is 2.40. The van der Waals surface area contributed by atoms with E-state index in [-0.39, 0.29) is 0 Å². The highest BCUT2D eigenvalue weighted by Gasteiger charge is 2.00. The predicted molar refractivity (Wildman–Crippen MR) is 96.8 cm³/mol. The van der Waals surface area contributed by atoms with E-state index in [1.165, 1.54) is 22.8 Å². The summed E-state index contributed by atoms with van der Waals surface area (Å²) in [6, 6.07) is 18.2. The minimum absolute atomic E-state index is 0.578. The molecule has 0 atom stereocenters. The molecule has 0 unspecified atom stereocenters. The van der Waals surface area contributed by atoms with Gasteiger partial charge in [0.1, 0.15) is 12.4 Å². The number of halogens is 1. The van der Waals surface area contributed by atoms with Crippen LogP contribution in [-0.2, 0) is 6.61 Å². The van der Waals surface area contributed by atoms with Crippen LogP contribution in [0.1, 0.15) is 30.4 Å². The van der Waals surface area contributed by atoms with Gasteiger partial charge in [-0.2, -0.15) is 0 Å². The highest BCUT2D eigenvalue weighted by molar-refractivity contribution is 14.1. The van der Waals surface area contributed by atoms with Gasteiger partial charge in [-0.05, 0) is 35.0 Å². The summed E-state index contributed by atoms with van der Waals surface area (Å²) < 4.78 is 7.10. The van der Waals surface area contributed by atoms with Crippen LogP contribution in [0.5, 0.6) is 5.75 Å². The van der Waals surface area contributed by atoms with E-state index < -0.39 is 0 Å². The standard InChI is InChI=1S/C19H19IO/c20-15-9-2-1-6-12-18-13-7-8-14-19(18)21-16-17-10-4-3-5-11-17/h3-5,7-8,10-11,13-14H,1-2,9,15-16H2. The van der Waals surface area contributed by atoms with Gasteiger partial charge in [-0.1, -0.05) is 76.9 Å². The third-order valence-electron chi connectivity index (χ3n) is 3.03. The molecule has 0 aliphatic rings. The molecule has 0 saturated carbocycles. The molecule has 0 N–H and O–H groups in total. The van der Waals surface area contributed by atoms with Gasteiger partial charge in [-0.15, -0.1) is 0 Å². The molecule has 2 rings (SSSR count). The van der Waals surface area contributed by atoms with E-state index in [0.29, 0.717) is 6.61 Å². The number of para-hydroxylation sites is 1. The lowest BCUT2D eigenvalue weighted by molar-refractivity contribution is 0.305. The van der Waals surface area contributed by atoms with Crippen molar-refractivity contribution in [3.8, 4) is 17.6 Å². The first kappa shape index (κ1) is 15.9. The molecule has 2 aromatic rings. The van der Waals surface area contributed by atoms with Crippen LogP contribution >= 0.6 is 22.6 Å². The monoisotopic (exact) mass is 390 g/mol. The average Bonchev–Trinajstić information content (AvgIpc) is 2.55. The molecule has 2 aromatic carbocycles. The molecular weight excluding hydrogens is 371 g/mol. The van der Waals surface area contributed by atoms with Gasteiger partial charge < -0.3 is 4.74 Å². The van der Waals surface area contributed by atoms with Crippen molar-refractivity contribution in [2.24, 2.45) is 0 Å². The van der Waals surface area contributed by atoms with Crippen LogP contribution in [-0.4, -0.2) is 4.43 Å². The van der Waals surface area contributed by atoms with Crippen LogP contribution in [0.2, 0.25) is 0 Å². The topological polar surface area (TPSA) is 9.23 Å². The van der Waals surface area contributed by atoms with Gasteiger partial charge in [0.2, 0.25) is 0 Å². The van der Waals surface area contributed by atoms with E-state index in [0.717, 1.165) is 17.7 Å². The Morgan fingerprint density at radius 3 is 2.48 bits per heavy atom. The minimum Gasteiger partial charge on any atom is -0.488 e. The summed E-state index contributed by atoms with van der Waals surface area (Å²) in [6.45, 7) is 0.578. The number of hydrogen-bond donors (Lipinski definition) is 0. The molecule has 0 radical (unpaired) electrons. The van der Waals surface area contributed by atoms with Crippen molar-refractivity contribution in [3.63, 3.8) is 0 Å². The maximum atomic E-state index is 5.90. The molecule has 2 heteroatoms. The van der Waals surface area contributed by atoms with Crippen molar-refractivity contribution in [2.75, 3.05) is 4.43 Å². The van der Waals surface area contributed by atoms with Gasteiger partial charge in [-0.25, -0.2) is 0 Å². The van der Waals surface area contributed by atoms with Crippen LogP contribution in [0.3, 0.4) is 0 Å². The highest BCUT2D eigenvalue weighted by Crippen LogP contribution is 2.18. The predicted octanol–water partition coefficient (Wildman–Crippen LogP) is 5.22. The van der Waals surface area contributed by atoms with E-state index in [4.69, 9.17) is 4.74 Å². The average molecular weight is 390 g/mol. The molecule has 108 valence electrons. The van der Waals surface area contributed by atoms with Gasteiger partial charge in [0.05, 0.1) is 5.56 Å². The van der Waals surface area contributed by atoms with Gasteiger partial charge in [-0.3, -0.25) is 0 Å². The lowest BCUT2D eigenvalue weighted by Gasteiger charge is -2.08. The molecule has 0 saturated heterocycles. The van der Waals surface area contributed by atoms with E-state index in [2.05, 4.69) is 46.6 Å². The Kier molecular flexibility index (Phi) is 7.17. The number of ether oxygens (including phenoxy) is 1. The lowest BCUT2D eigenvalue weighted by atomic mass is 10.2. The van der Waals surface area contributed by atoms with Gasteiger partial charge in [0.15, 0.2) is 0 Å². The molecule has 0 bridgehead atoms. The fourth-order valence-electron chi connectivity index (χ4n) is 1.90. The summed E-state index contributed by atoms with van der Waals surface area (Å²) in [5.74, 6) is 7.34. The number of unbranched alkanes of at least 4 members (excludes halogenated alkanes) is 2. The third kappa shape index (κ3) is 5.81. The molecule has 0 aromatic heterocycles.